The summed E-state index contributed by atoms with van der Waals surface area (Å²) < 4.78 is 9.22. The average molecular weight is 218 g/mol. The smallest absolute Gasteiger partial charge is 0.407 e. The fourth-order valence-electron chi connectivity index (χ4n) is 0.814. The molecule has 4 N–H and O–H groups in total. The predicted molar refractivity (Wildman–Crippen MR) is 49.3 cm³/mol. The van der Waals surface area contributed by atoms with Gasteiger partial charge in [-0.1, -0.05) is 0 Å². The van der Waals surface area contributed by atoms with Crippen molar-refractivity contribution in [2.24, 2.45) is 11.5 Å². The zero-order chi connectivity index (χ0) is 12.1. The predicted octanol–water partition coefficient (Wildman–Crippen LogP) is -0.373. The summed E-state index contributed by atoms with van der Waals surface area (Å²) >= 11 is 0. The summed E-state index contributed by atoms with van der Waals surface area (Å²) in [5.41, 5.74) is 9.58. The van der Waals surface area contributed by atoms with E-state index in [0.717, 1.165) is 0 Å². The van der Waals surface area contributed by atoms with Crippen LogP contribution in [0.4, 0.5) is 4.79 Å². The van der Waals surface area contributed by atoms with Crippen molar-refractivity contribution in [2.75, 3.05) is 0 Å². The van der Waals surface area contributed by atoms with Crippen molar-refractivity contribution in [2.45, 2.75) is 32.5 Å². The molecule has 0 heterocycles. The third-order valence-corrected chi connectivity index (χ3v) is 1.28. The van der Waals surface area contributed by atoms with Crippen LogP contribution >= 0.6 is 0 Å². The molecular weight excluding hydrogens is 204 g/mol. The molecular formula is C8H14N2O5. The summed E-state index contributed by atoms with van der Waals surface area (Å²) in [5, 5.41) is 0. The van der Waals surface area contributed by atoms with Crippen molar-refractivity contribution in [1.82, 2.24) is 0 Å². The Hall–Kier alpha value is -1.79. The second kappa shape index (κ2) is 5.18. The first kappa shape index (κ1) is 13.2. The van der Waals surface area contributed by atoms with E-state index in [1.54, 1.807) is 0 Å². The van der Waals surface area contributed by atoms with Gasteiger partial charge in [-0.05, 0) is 0 Å². The molecule has 0 saturated carbocycles. The van der Waals surface area contributed by atoms with E-state index < -0.39 is 23.8 Å². The van der Waals surface area contributed by atoms with Crippen LogP contribution in [0.25, 0.3) is 0 Å². The second-order valence-corrected chi connectivity index (χ2v) is 3.26. The Bertz CT molecular complexity index is 274. The van der Waals surface area contributed by atoms with Crippen LogP contribution in [-0.4, -0.2) is 23.8 Å². The maximum absolute atomic E-state index is 11.1. The maximum Gasteiger partial charge on any atom is 0.407 e. The molecule has 0 saturated heterocycles. The number of ether oxygens (including phenoxy) is 2. The van der Waals surface area contributed by atoms with Crippen molar-refractivity contribution >= 4 is 18.0 Å². The third kappa shape index (κ3) is 7.29. The molecule has 0 bridgehead atoms. The Morgan fingerprint density at radius 1 is 1.07 bits per heavy atom. The SMILES string of the molecule is CC(C)(OC(N)=O)OC(=O)CCC(N)=O. The van der Waals surface area contributed by atoms with E-state index in [-0.39, 0.29) is 12.8 Å². The van der Waals surface area contributed by atoms with E-state index in [4.69, 9.17) is 16.2 Å². The van der Waals surface area contributed by atoms with Crippen LogP contribution in [0.5, 0.6) is 0 Å². The fourth-order valence-corrected chi connectivity index (χ4v) is 0.814. The summed E-state index contributed by atoms with van der Waals surface area (Å²) in [6, 6.07) is 0. The lowest BCUT2D eigenvalue weighted by atomic mass is 10.3. The quantitative estimate of drug-likeness (QED) is 0.481. The van der Waals surface area contributed by atoms with Gasteiger partial charge >= 0.3 is 12.1 Å². The molecule has 7 heteroatoms. The highest BCUT2D eigenvalue weighted by atomic mass is 16.7. The van der Waals surface area contributed by atoms with Crippen molar-refractivity contribution in [3.8, 4) is 0 Å². The molecule has 0 aromatic carbocycles. The van der Waals surface area contributed by atoms with E-state index in [9.17, 15) is 14.4 Å². The second-order valence-electron chi connectivity index (χ2n) is 3.26. The van der Waals surface area contributed by atoms with Gasteiger partial charge in [0.15, 0.2) is 0 Å². The Labute approximate surface area is 86.7 Å². The molecule has 0 rings (SSSR count). The number of nitrogens with two attached hydrogens (primary N) is 2. The highest BCUT2D eigenvalue weighted by molar-refractivity contribution is 5.80. The lowest BCUT2D eigenvalue weighted by Gasteiger charge is -2.23. The first-order valence-corrected chi connectivity index (χ1v) is 4.21. The molecule has 0 aliphatic rings. The van der Waals surface area contributed by atoms with Gasteiger partial charge < -0.3 is 20.9 Å². The summed E-state index contributed by atoms with van der Waals surface area (Å²) in [4.78, 5) is 31.8. The molecule has 0 atom stereocenters. The molecule has 86 valence electrons. The van der Waals surface area contributed by atoms with Crippen LogP contribution in [0.1, 0.15) is 26.7 Å². The number of hydrogen-bond donors (Lipinski definition) is 2. The number of esters is 1. The first-order chi connectivity index (χ1) is 6.73. The van der Waals surface area contributed by atoms with E-state index in [1.165, 1.54) is 13.8 Å². The van der Waals surface area contributed by atoms with Crippen LogP contribution in [0.15, 0.2) is 0 Å². The van der Waals surface area contributed by atoms with E-state index in [2.05, 4.69) is 4.74 Å². The van der Waals surface area contributed by atoms with Gasteiger partial charge in [-0.3, -0.25) is 9.59 Å². The molecule has 0 unspecified atom stereocenters. The van der Waals surface area contributed by atoms with Gasteiger partial charge in [0.2, 0.25) is 5.91 Å². The minimum Gasteiger partial charge on any atom is -0.423 e. The zero-order valence-corrected chi connectivity index (χ0v) is 8.61. The van der Waals surface area contributed by atoms with Gasteiger partial charge in [-0.15, -0.1) is 0 Å². The van der Waals surface area contributed by atoms with Crippen molar-refractivity contribution in [3.63, 3.8) is 0 Å². The van der Waals surface area contributed by atoms with Crippen molar-refractivity contribution < 1.29 is 23.9 Å². The number of rotatable bonds is 5. The molecule has 7 nitrogen and oxygen atoms in total. The number of carbonyl (C=O) groups excluding carboxylic acids is 3. The third-order valence-electron chi connectivity index (χ3n) is 1.28. The van der Waals surface area contributed by atoms with Crippen molar-refractivity contribution in [1.29, 1.82) is 0 Å². The van der Waals surface area contributed by atoms with E-state index in [1.807, 2.05) is 0 Å². The van der Waals surface area contributed by atoms with Gasteiger partial charge in [-0.25, -0.2) is 4.79 Å². The van der Waals surface area contributed by atoms with Gasteiger partial charge in [0, 0.05) is 20.3 Å². The molecule has 0 aliphatic carbocycles. The molecule has 2 amide bonds. The molecule has 15 heavy (non-hydrogen) atoms. The number of amides is 2. The maximum atomic E-state index is 11.1. The molecule has 0 aromatic rings. The fraction of sp³-hybridized carbons (Fsp3) is 0.625. The van der Waals surface area contributed by atoms with Gasteiger partial charge in [0.05, 0.1) is 6.42 Å². The van der Waals surface area contributed by atoms with Crippen molar-refractivity contribution in [3.05, 3.63) is 0 Å². The highest BCUT2D eigenvalue weighted by Gasteiger charge is 2.26. The average Bonchev–Trinajstić information content (AvgIpc) is 1.96. The molecule has 0 aromatic heterocycles. The van der Waals surface area contributed by atoms with Crippen LogP contribution in [0.2, 0.25) is 0 Å². The van der Waals surface area contributed by atoms with Gasteiger partial charge in [-0.2, -0.15) is 0 Å². The van der Waals surface area contributed by atoms with Crippen LogP contribution in [0, 0.1) is 0 Å². The Morgan fingerprint density at radius 3 is 2.00 bits per heavy atom. The Balaban J connectivity index is 4.04. The van der Waals surface area contributed by atoms with Gasteiger partial charge in [0.25, 0.3) is 5.79 Å². The number of carbonyl (C=O) groups is 3. The minimum absolute atomic E-state index is 0.120. The summed E-state index contributed by atoms with van der Waals surface area (Å²) in [6.45, 7) is 2.69. The lowest BCUT2D eigenvalue weighted by molar-refractivity contribution is -0.194. The summed E-state index contributed by atoms with van der Waals surface area (Å²) in [6.07, 6.45) is -1.34. The molecule has 0 fully saturated rings. The molecule has 0 aliphatic heterocycles. The Morgan fingerprint density at radius 2 is 1.60 bits per heavy atom. The van der Waals surface area contributed by atoms with Crippen LogP contribution in [0.3, 0.4) is 0 Å². The van der Waals surface area contributed by atoms with E-state index in [0.29, 0.717) is 0 Å². The normalized spacial score (nSPS) is 10.5. The summed E-state index contributed by atoms with van der Waals surface area (Å²) in [5.74, 6) is -2.75. The largest absolute Gasteiger partial charge is 0.423 e. The number of primary amides is 2. The van der Waals surface area contributed by atoms with Crippen LogP contribution in [-0.2, 0) is 19.1 Å². The minimum atomic E-state index is -1.44. The molecule has 0 radical (unpaired) electrons. The monoisotopic (exact) mass is 218 g/mol. The molecule has 0 spiro atoms. The van der Waals surface area contributed by atoms with Gasteiger partial charge in [0.1, 0.15) is 0 Å². The number of hydrogen-bond acceptors (Lipinski definition) is 5. The standard InChI is InChI=1S/C8H14N2O5/c1-8(2,15-7(10)13)14-6(12)4-3-5(9)11/h3-4H2,1-2H3,(H2,9,11)(H2,10,13). The van der Waals surface area contributed by atoms with E-state index >= 15 is 0 Å². The van der Waals surface area contributed by atoms with Crippen LogP contribution < -0.4 is 11.5 Å². The lowest BCUT2D eigenvalue weighted by Crippen LogP contribution is -2.36. The summed E-state index contributed by atoms with van der Waals surface area (Å²) in [7, 11) is 0. The topological polar surface area (TPSA) is 122 Å². The Kier molecular flexibility index (Phi) is 4.56. The highest BCUT2D eigenvalue weighted by Crippen LogP contribution is 2.12. The first-order valence-electron chi connectivity index (χ1n) is 4.21. The zero-order valence-electron chi connectivity index (χ0n) is 8.61.